The summed E-state index contributed by atoms with van der Waals surface area (Å²) in [6.45, 7) is 7.11. The van der Waals surface area contributed by atoms with Crippen LogP contribution in [0.5, 0.6) is 0 Å². The summed E-state index contributed by atoms with van der Waals surface area (Å²) in [4.78, 5) is 11.2. The highest BCUT2D eigenvalue weighted by Crippen LogP contribution is 2.03. The Bertz CT molecular complexity index is 217. The van der Waals surface area contributed by atoms with Gasteiger partial charge in [0.1, 0.15) is 6.61 Å². The molecule has 14 heavy (non-hydrogen) atoms. The molecule has 0 aliphatic carbocycles. The summed E-state index contributed by atoms with van der Waals surface area (Å²) in [6.07, 6.45) is 4.32. The number of rotatable bonds is 6. The van der Waals surface area contributed by atoms with E-state index in [0.29, 0.717) is 18.4 Å². The smallest absolute Gasteiger partial charge is 0.333 e. The first-order chi connectivity index (χ1) is 6.57. The van der Waals surface area contributed by atoms with Gasteiger partial charge in [-0.15, -0.1) is 0 Å². The second kappa shape index (κ2) is 7.33. The minimum Gasteiger partial charge on any atom is -0.458 e. The minimum absolute atomic E-state index is 0.237. The van der Waals surface area contributed by atoms with Crippen LogP contribution in [0.2, 0.25) is 0 Å². The Kier molecular flexibility index (Phi) is 6.76. The first-order valence-corrected chi connectivity index (χ1v) is 4.70. The molecule has 0 fully saturated rings. The van der Waals surface area contributed by atoms with Gasteiger partial charge in [0.25, 0.3) is 0 Å². The van der Waals surface area contributed by atoms with E-state index in [9.17, 15) is 4.79 Å². The highest BCUT2D eigenvalue weighted by atomic mass is 16.5. The highest BCUT2D eigenvalue weighted by Gasteiger charge is 2.03. The zero-order valence-electron chi connectivity index (χ0n) is 8.82. The molecular formula is C11H18O3. The van der Waals surface area contributed by atoms with Gasteiger partial charge in [-0.05, 0) is 26.7 Å². The number of allylic oxidation sites excluding steroid dienone is 1. The van der Waals surface area contributed by atoms with Gasteiger partial charge < -0.3 is 9.84 Å². The molecule has 0 saturated carbocycles. The van der Waals surface area contributed by atoms with Gasteiger partial charge in [-0.1, -0.05) is 18.7 Å². The van der Waals surface area contributed by atoms with E-state index in [-0.39, 0.29) is 18.7 Å². The number of aliphatic hydroxyl groups is 1. The number of aliphatic hydroxyl groups excluding tert-OH is 1. The summed E-state index contributed by atoms with van der Waals surface area (Å²) in [7, 11) is 0. The highest BCUT2D eigenvalue weighted by molar-refractivity contribution is 5.87. The number of carbonyl (C=O) groups is 1. The molecule has 3 heteroatoms. The maximum Gasteiger partial charge on any atom is 0.333 e. The summed E-state index contributed by atoms with van der Waals surface area (Å²) in [6, 6.07) is 0. The summed E-state index contributed by atoms with van der Waals surface area (Å²) in [5, 5.41) is 8.99. The van der Waals surface area contributed by atoms with Crippen LogP contribution in [0.1, 0.15) is 26.7 Å². The van der Waals surface area contributed by atoms with Gasteiger partial charge in [0.15, 0.2) is 0 Å². The molecule has 0 aliphatic rings. The second-order valence-electron chi connectivity index (χ2n) is 3.20. The maximum atomic E-state index is 11.2. The maximum absolute atomic E-state index is 11.2. The molecule has 0 bridgehead atoms. The van der Waals surface area contributed by atoms with Crippen molar-refractivity contribution < 1.29 is 14.6 Å². The van der Waals surface area contributed by atoms with Crippen molar-refractivity contribution in [2.24, 2.45) is 0 Å². The van der Waals surface area contributed by atoms with Crippen LogP contribution in [0.4, 0.5) is 0 Å². The van der Waals surface area contributed by atoms with Gasteiger partial charge in [-0.2, -0.15) is 0 Å². The van der Waals surface area contributed by atoms with E-state index in [0.717, 1.165) is 0 Å². The van der Waals surface area contributed by atoms with Crippen molar-refractivity contribution in [1.29, 1.82) is 0 Å². The zero-order valence-corrected chi connectivity index (χ0v) is 8.82. The fourth-order valence-electron chi connectivity index (χ4n) is 0.873. The molecule has 0 aromatic rings. The van der Waals surface area contributed by atoms with Crippen LogP contribution in [-0.4, -0.2) is 23.8 Å². The lowest BCUT2D eigenvalue weighted by atomic mass is 10.1. The van der Waals surface area contributed by atoms with E-state index in [1.165, 1.54) is 6.08 Å². The van der Waals surface area contributed by atoms with E-state index in [4.69, 9.17) is 9.84 Å². The average molecular weight is 198 g/mol. The van der Waals surface area contributed by atoms with Gasteiger partial charge in [0, 0.05) is 5.57 Å². The predicted molar refractivity (Wildman–Crippen MR) is 55.8 cm³/mol. The SMILES string of the molecule is C=CCOC(=O)C(C)=CCCC(C)O. The number of esters is 1. The van der Waals surface area contributed by atoms with E-state index < -0.39 is 0 Å². The van der Waals surface area contributed by atoms with E-state index >= 15 is 0 Å². The normalized spacial score (nSPS) is 13.5. The van der Waals surface area contributed by atoms with Crippen molar-refractivity contribution in [3.05, 3.63) is 24.3 Å². The average Bonchev–Trinajstić information content (AvgIpc) is 2.13. The first kappa shape index (κ1) is 12.9. The quantitative estimate of drug-likeness (QED) is 0.402. The van der Waals surface area contributed by atoms with E-state index in [2.05, 4.69) is 6.58 Å². The Balaban J connectivity index is 3.84. The van der Waals surface area contributed by atoms with Gasteiger partial charge in [0.2, 0.25) is 0 Å². The second-order valence-corrected chi connectivity index (χ2v) is 3.20. The van der Waals surface area contributed by atoms with Gasteiger partial charge in [-0.25, -0.2) is 4.79 Å². The topological polar surface area (TPSA) is 46.5 Å². The summed E-state index contributed by atoms with van der Waals surface area (Å²) in [5.41, 5.74) is 0.576. The van der Waals surface area contributed by atoms with Crippen LogP contribution < -0.4 is 0 Å². The molecule has 3 nitrogen and oxygen atoms in total. The van der Waals surface area contributed by atoms with Crippen LogP contribution in [-0.2, 0) is 9.53 Å². The predicted octanol–water partition coefficient (Wildman–Crippen LogP) is 1.82. The molecule has 1 unspecified atom stereocenters. The molecule has 0 spiro atoms. The third-order valence-corrected chi connectivity index (χ3v) is 1.69. The lowest BCUT2D eigenvalue weighted by Gasteiger charge is -2.03. The van der Waals surface area contributed by atoms with E-state index in [1.807, 2.05) is 0 Å². The number of ether oxygens (including phenoxy) is 1. The third-order valence-electron chi connectivity index (χ3n) is 1.69. The molecule has 0 aromatic carbocycles. The molecule has 0 saturated heterocycles. The van der Waals surface area contributed by atoms with Crippen molar-refractivity contribution in [2.75, 3.05) is 6.61 Å². The molecule has 0 heterocycles. The molecule has 1 atom stereocenters. The summed E-state index contributed by atoms with van der Waals surface area (Å²) in [5.74, 6) is -0.324. The summed E-state index contributed by atoms with van der Waals surface area (Å²) < 4.78 is 4.82. The lowest BCUT2D eigenvalue weighted by Crippen LogP contribution is -2.06. The van der Waals surface area contributed by atoms with Crippen LogP contribution >= 0.6 is 0 Å². The van der Waals surface area contributed by atoms with Gasteiger partial charge in [0.05, 0.1) is 6.10 Å². The first-order valence-electron chi connectivity index (χ1n) is 4.70. The fourth-order valence-corrected chi connectivity index (χ4v) is 0.873. The van der Waals surface area contributed by atoms with Crippen LogP contribution in [0, 0.1) is 0 Å². The van der Waals surface area contributed by atoms with Crippen LogP contribution in [0.15, 0.2) is 24.3 Å². The fraction of sp³-hybridized carbons (Fsp3) is 0.545. The van der Waals surface area contributed by atoms with Crippen LogP contribution in [0.25, 0.3) is 0 Å². The number of hydrogen-bond donors (Lipinski definition) is 1. The Morgan fingerprint density at radius 2 is 2.29 bits per heavy atom. The van der Waals surface area contributed by atoms with Crippen LogP contribution in [0.3, 0.4) is 0 Å². The lowest BCUT2D eigenvalue weighted by molar-refractivity contribution is -0.137. The zero-order chi connectivity index (χ0) is 11.0. The van der Waals surface area contributed by atoms with Crippen molar-refractivity contribution in [1.82, 2.24) is 0 Å². The number of hydrogen-bond acceptors (Lipinski definition) is 3. The number of carbonyl (C=O) groups excluding carboxylic acids is 1. The van der Waals surface area contributed by atoms with Crippen molar-refractivity contribution >= 4 is 5.97 Å². The monoisotopic (exact) mass is 198 g/mol. The van der Waals surface area contributed by atoms with Crippen molar-refractivity contribution in [2.45, 2.75) is 32.8 Å². The molecule has 0 aliphatic heterocycles. The van der Waals surface area contributed by atoms with E-state index in [1.54, 1.807) is 19.9 Å². The van der Waals surface area contributed by atoms with Gasteiger partial charge >= 0.3 is 5.97 Å². The molecule has 1 N–H and O–H groups in total. The summed E-state index contributed by atoms with van der Waals surface area (Å²) >= 11 is 0. The molecular weight excluding hydrogens is 180 g/mol. The molecule has 0 radical (unpaired) electrons. The molecule has 80 valence electrons. The minimum atomic E-state index is -0.330. The Morgan fingerprint density at radius 1 is 1.64 bits per heavy atom. The third kappa shape index (κ3) is 6.43. The Hall–Kier alpha value is -1.09. The Morgan fingerprint density at radius 3 is 2.79 bits per heavy atom. The molecule has 0 amide bonds. The molecule has 0 aromatic heterocycles. The standard InChI is InChI=1S/C11H18O3/c1-4-8-14-11(13)9(2)6-5-7-10(3)12/h4,6,10,12H,1,5,7-8H2,2-3H3. The van der Waals surface area contributed by atoms with Crippen molar-refractivity contribution in [3.63, 3.8) is 0 Å². The largest absolute Gasteiger partial charge is 0.458 e. The van der Waals surface area contributed by atoms with Crippen molar-refractivity contribution in [3.8, 4) is 0 Å². The Labute approximate surface area is 85.1 Å². The van der Waals surface area contributed by atoms with Gasteiger partial charge in [-0.3, -0.25) is 0 Å². The molecule has 0 rings (SSSR count).